The van der Waals surface area contributed by atoms with Crippen molar-refractivity contribution in [1.29, 1.82) is 0 Å². The SMILES string of the molecule is COc1ccnc2c1CCCC2N(Cc1ccc(C(F)(F)F)cn1)C(=O)c1ccc2nc(N)c(C)cc2c1. The van der Waals surface area contributed by atoms with Crippen LogP contribution in [0.3, 0.4) is 0 Å². The molecule has 0 aliphatic heterocycles. The molecular weight excluding hydrogens is 495 g/mol. The van der Waals surface area contributed by atoms with Gasteiger partial charge in [0.15, 0.2) is 0 Å². The summed E-state index contributed by atoms with van der Waals surface area (Å²) in [5.41, 5.74) is 8.97. The molecule has 1 atom stereocenters. The van der Waals surface area contributed by atoms with Crippen molar-refractivity contribution in [2.45, 2.75) is 44.9 Å². The van der Waals surface area contributed by atoms with Gasteiger partial charge in [0.05, 0.1) is 42.2 Å². The number of methoxy groups -OCH3 is 1. The summed E-state index contributed by atoms with van der Waals surface area (Å²) in [5, 5.41) is 0.763. The summed E-state index contributed by atoms with van der Waals surface area (Å²) >= 11 is 0. The summed E-state index contributed by atoms with van der Waals surface area (Å²) in [4.78, 5) is 28.7. The van der Waals surface area contributed by atoms with Gasteiger partial charge in [0.2, 0.25) is 0 Å². The van der Waals surface area contributed by atoms with Crippen LogP contribution in [0.2, 0.25) is 0 Å². The molecule has 5 rings (SSSR count). The van der Waals surface area contributed by atoms with E-state index in [0.29, 0.717) is 34.8 Å². The van der Waals surface area contributed by atoms with Gasteiger partial charge in [0.1, 0.15) is 11.6 Å². The number of nitrogens with zero attached hydrogens (tertiary/aromatic N) is 4. The maximum absolute atomic E-state index is 14.0. The van der Waals surface area contributed by atoms with Crippen LogP contribution in [0.5, 0.6) is 5.75 Å². The minimum atomic E-state index is -4.50. The number of halogens is 3. The maximum Gasteiger partial charge on any atom is 0.417 e. The fraction of sp³-hybridized carbons (Fsp3) is 0.286. The number of aryl methyl sites for hydroxylation is 1. The number of fused-ring (bicyclic) bond motifs is 2. The first kappa shape index (κ1) is 25.4. The summed E-state index contributed by atoms with van der Waals surface area (Å²) in [6.07, 6.45) is 0.136. The first-order valence-electron chi connectivity index (χ1n) is 12.2. The number of rotatable bonds is 5. The molecule has 3 heterocycles. The standard InChI is InChI=1S/C28H26F3N5O2/c1-16-12-18-13-17(6-9-22(18)35-26(16)32)27(37)36(15-20-8-7-19(14-34-20)28(29,30)31)23-5-3-4-21-24(38-2)10-11-33-25(21)23/h6-14,23H,3-5,15H2,1-2H3,(H2,32,35). The fourth-order valence-electron chi connectivity index (χ4n) is 4.91. The third kappa shape index (κ3) is 4.85. The van der Waals surface area contributed by atoms with Gasteiger partial charge in [-0.1, -0.05) is 0 Å². The summed E-state index contributed by atoms with van der Waals surface area (Å²) in [6, 6.07) is 10.7. The lowest BCUT2D eigenvalue weighted by molar-refractivity contribution is -0.137. The number of nitrogens with two attached hydrogens (primary N) is 1. The maximum atomic E-state index is 14.0. The first-order valence-corrected chi connectivity index (χ1v) is 12.2. The number of pyridine rings is 3. The van der Waals surface area contributed by atoms with Crippen LogP contribution in [0.15, 0.2) is 54.9 Å². The average molecular weight is 522 g/mol. The Hall–Kier alpha value is -4.21. The molecule has 38 heavy (non-hydrogen) atoms. The number of hydrogen-bond donors (Lipinski definition) is 1. The molecular formula is C28H26F3N5O2. The van der Waals surface area contributed by atoms with Gasteiger partial charge in [0, 0.05) is 28.9 Å². The number of nitrogen functional groups attached to an aromatic ring is 1. The highest BCUT2D eigenvalue weighted by Crippen LogP contribution is 2.39. The van der Waals surface area contributed by atoms with Gasteiger partial charge in [-0.05, 0) is 74.2 Å². The molecule has 196 valence electrons. The van der Waals surface area contributed by atoms with Gasteiger partial charge >= 0.3 is 6.18 Å². The molecule has 1 unspecified atom stereocenters. The molecule has 4 aromatic rings. The zero-order valence-electron chi connectivity index (χ0n) is 20.9. The van der Waals surface area contributed by atoms with Crippen molar-refractivity contribution >= 4 is 22.6 Å². The number of amides is 1. The quantitative estimate of drug-likeness (QED) is 0.364. The lowest BCUT2D eigenvalue weighted by Gasteiger charge is -2.35. The third-order valence-electron chi connectivity index (χ3n) is 6.90. The molecule has 10 heteroatoms. The summed E-state index contributed by atoms with van der Waals surface area (Å²) < 4.78 is 44.8. The van der Waals surface area contributed by atoms with Crippen LogP contribution in [-0.2, 0) is 19.1 Å². The van der Waals surface area contributed by atoms with Gasteiger partial charge in [-0.15, -0.1) is 0 Å². The number of anilines is 1. The van der Waals surface area contributed by atoms with Gasteiger partial charge in [0.25, 0.3) is 5.91 Å². The molecule has 0 saturated heterocycles. The Kier molecular flexibility index (Phi) is 6.64. The monoisotopic (exact) mass is 521 g/mol. The molecule has 1 aliphatic rings. The molecule has 1 aliphatic carbocycles. The molecule has 0 radical (unpaired) electrons. The molecule has 3 aromatic heterocycles. The second kappa shape index (κ2) is 9.92. The van der Waals surface area contributed by atoms with E-state index in [1.165, 1.54) is 6.07 Å². The van der Waals surface area contributed by atoms with E-state index in [-0.39, 0.29) is 12.5 Å². The van der Waals surface area contributed by atoms with Crippen LogP contribution in [0.4, 0.5) is 19.0 Å². The fourth-order valence-corrected chi connectivity index (χ4v) is 4.91. The average Bonchev–Trinajstić information content (AvgIpc) is 2.91. The molecule has 0 bridgehead atoms. The van der Waals surface area contributed by atoms with E-state index in [9.17, 15) is 18.0 Å². The number of aromatic nitrogens is 3. The van der Waals surface area contributed by atoms with Crippen LogP contribution in [0.1, 0.15) is 57.3 Å². The van der Waals surface area contributed by atoms with Crippen molar-refractivity contribution in [3.05, 3.63) is 88.5 Å². The highest BCUT2D eigenvalue weighted by Gasteiger charge is 2.34. The third-order valence-corrected chi connectivity index (χ3v) is 6.90. The normalized spacial score (nSPS) is 15.2. The van der Waals surface area contributed by atoms with Gasteiger partial charge in [-0.25, -0.2) is 4.98 Å². The number of benzene rings is 1. The molecule has 0 fully saturated rings. The van der Waals surface area contributed by atoms with Crippen LogP contribution < -0.4 is 10.5 Å². The summed E-state index contributed by atoms with van der Waals surface area (Å²) in [6.45, 7) is 1.86. The predicted octanol–water partition coefficient (Wildman–Crippen LogP) is 5.66. The first-order chi connectivity index (χ1) is 18.2. The highest BCUT2D eigenvalue weighted by molar-refractivity contribution is 5.98. The van der Waals surface area contributed by atoms with Gasteiger partial charge < -0.3 is 15.4 Å². The molecule has 0 saturated carbocycles. The number of ether oxygens (including phenoxy) is 1. The van der Waals surface area contributed by atoms with E-state index in [1.807, 2.05) is 13.0 Å². The summed E-state index contributed by atoms with van der Waals surface area (Å²) in [7, 11) is 1.59. The van der Waals surface area contributed by atoms with Crippen molar-refractivity contribution in [2.75, 3.05) is 12.8 Å². The Balaban J connectivity index is 1.57. The Morgan fingerprint density at radius 3 is 2.68 bits per heavy atom. The largest absolute Gasteiger partial charge is 0.496 e. The highest BCUT2D eigenvalue weighted by atomic mass is 19.4. The number of carbonyl (C=O) groups is 1. The number of carbonyl (C=O) groups excluding carboxylic acids is 1. The summed E-state index contributed by atoms with van der Waals surface area (Å²) in [5.74, 6) is 0.834. The van der Waals surface area contributed by atoms with Crippen molar-refractivity contribution in [3.63, 3.8) is 0 Å². The molecule has 2 N–H and O–H groups in total. The molecule has 1 amide bonds. The molecule has 0 spiro atoms. The lowest BCUT2D eigenvalue weighted by atomic mass is 9.89. The topological polar surface area (TPSA) is 94.2 Å². The zero-order chi connectivity index (χ0) is 27.0. The van der Waals surface area contributed by atoms with Gasteiger partial charge in [-0.2, -0.15) is 13.2 Å². The second-order valence-corrected chi connectivity index (χ2v) is 9.35. The number of alkyl halides is 3. The van der Waals surface area contributed by atoms with Crippen LogP contribution in [0, 0.1) is 6.92 Å². The number of hydrogen-bond acceptors (Lipinski definition) is 6. The van der Waals surface area contributed by atoms with E-state index >= 15 is 0 Å². The molecule has 7 nitrogen and oxygen atoms in total. The van der Waals surface area contributed by atoms with Crippen molar-refractivity contribution < 1.29 is 22.7 Å². The smallest absolute Gasteiger partial charge is 0.417 e. The van der Waals surface area contributed by atoms with Crippen molar-refractivity contribution in [2.24, 2.45) is 0 Å². The lowest BCUT2D eigenvalue weighted by Crippen LogP contribution is -2.37. The van der Waals surface area contributed by atoms with E-state index in [4.69, 9.17) is 10.5 Å². The zero-order valence-corrected chi connectivity index (χ0v) is 20.9. The Morgan fingerprint density at radius 2 is 1.97 bits per heavy atom. The Bertz CT molecular complexity index is 1510. The van der Waals surface area contributed by atoms with Crippen LogP contribution in [0.25, 0.3) is 10.9 Å². The van der Waals surface area contributed by atoms with Crippen LogP contribution >= 0.6 is 0 Å². The predicted molar refractivity (Wildman–Crippen MR) is 136 cm³/mol. The van der Waals surface area contributed by atoms with E-state index in [2.05, 4.69) is 15.0 Å². The van der Waals surface area contributed by atoms with Crippen molar-refractivity contribution in [1.82, 2.24) is 19.9 Å². The Labute approximate surface area is 217 Å². The van der Waals surface area contributed by atoms with Crippen LogP contribution in [-0.4, -0.2) is 32.9 Å². The second-order valence-electron chi connectivity index (χ2n) is 9.35. The minimum Gasteiger partial charge on any atom is -0.496 e. The Morgan fingerprint density at radius 1 is 1.16 bits per heavy atom. The van der Waals surface area contributed by atoms with E-state index in [0.717, 1.165) is 47.3 Å². The van der Waals surface area contributed by atoms with Gasteiger partial charge in [-0.3, -0.25) is 14.8 Å². The van der Waals surface area contributed by atoms with Crippen molar-refractivity contribution in [3.8, 4) is 5.75 Å². The minimum absolute atomic E-state index is 0.0109. The van der Waals surface area contributed by atoms with E-state index < -0.39 is 17.8 Å². The molecule has 1 aromatic carbocycles. The van der Waals surface area contributed by atoms with E-state index in [1.54, 1.807) is 42.5 Å².